The summed E-state index contributed by atoms with van der Waals surface area (Å²) in [5.74, 6) is 0.893. The smallest absolute Gasteiger partial charge is 0.147 e. The molecule has 1 unspecified atom stereocenters. The molecule has 0 amide bonds. The number of aromatic nitrogens is 2. The minimum atomic E-state index is -0.106. The van der Waals surface area contributed by atoms with E-state index in [2.05, 4.69) is 23.1 Å². The molecule has 154 valence electrons. The van der Waals surface area contributed by atoms with Crippen molar-refractivity contribution < 1.29 is 4.74 Å². The summed E-state index contributed by atoms with van der Waals surface area (Å²) in [5.41, 5.74) is 7.67. The van der Waals surface area contributed by atoms with Crippen LogP contribution in [0.3, 0.4) is 0 Å². The number of allylic oxidation sites excluding steroid dienone is 1. The molecule has 0 fully saturated rings. The molecule has 2 aliphatic heterocycles. The molecule has 2 aromatic heterocycles. The molecule has 0 saturated carbocycles. The Morgan fingerprint density at radius 3 is 3.13 bits per heavy atom. The molecule has 4 heterocycles. The van der Waals surface area contributed by atoms with Crippen LogP contribution in [-0.4, -0.2) is 23.0 Å². The molecule has 3 aromatic rings. The topological polar surface area (TPSA) is 51.4 Å². The Morgan fingerprint density at radius 1 is 1.47 bits per heavy atom. The number of nitrogens with one attached hydrogen (secondary N) is 1. The van der Waals surface area contributed by atoms with Gasteiger partial charge in [0.05, 0.1) is 10.6 Å². The van der Waals surface area contributed by atoms with Gasteiger partial charge < -0.3 is 10.1 Å². The van der Waals surface area contributed by atoms with Crippen molar-refractivity contribution in [3.63, 3.8) is 0 Å². The highest BCUT2D eigenvalue weighted by Gasteiger charge is 2.34. The van der Waals surface area contributed by atoms with Crippen molar-refractivity contribution in [2.45, 2.75) is 32.4 Å². The molecule has 0 saturated heterocycles. The maximum Gasteiger partial charge on any atom is 0.147 e. The van der Waals surface area contributed by atoms with E-state index in [1.54, 1.807) is 11.3 Å². The van der Waals surface area contributed by atoms with Crippen molar-refractivity contribution in [1.82, 2.24) is 15.1 Å². The summed E-state index contributed by atoms with van der Waals surface area (Å²) in [6.45, 7) is 7.57. The Kier molecular flexibility index (Phi) is 5.01. The summed E-state index contributed by atoms with van der Waals surface area (Å²) in [7, 11) is 2.02. The molecular formula is C23H23ClN4OS. The van der Waals surface area contributed by atoms with Gasteiger partial charge in [0.2, 0.25) is 0 Å². The van der Waals surface area contributed by atoms with Crippen molar-refractivity contribution in [1.29, 1.82) is 0 Å². The average molecular weight is 439 g/mol. The van der Waals surface area contributed by atoms with E-state index >= 15 is 0 Å². The van der Waals surface area contributed by atoms with Crippen molar-refractivity contribution in [2.75, 3.05) is 6.54 Å². The molecule has 0 bridgehead atoms. The molecule has 5 nitrogen and oxygen atoms in total. The van der Waals surface area contributed by atoms with Gasteiger partial charge >= 0.3 is 0 Å². The first-order valence-electron chi connectivity index (χ1n) is 10.1. The number of aryl methyl sites for hydroxylation is 1. The van der Waals surface area contributed by atoms with Gasteiger partial charge in [0, 0.05) is 66.0 Å². The van der Waals surface area contributed by atoms with Crippen LogP contribution in [0.15, 0.2) is 34.6 Å². The second-order valence-electron chi connectivity index (χ2n) is 7.61. The first-order valence-corrected chi connectivity index (χ1v) is 11.3. The highest BCUT2D eigenvalue weighted by Crippen LogP contribution is 2.47. The summed E-state index contributed by atoms with van der Waals surface area (Å²) in [6.07, 6.45) is 3.75. The van der Waals surface area contributed by atoms with Gasteiger partial charge in [0.25, 0.3) is 0 Å². The summed E-state index contributed by atoms with van der Waals surface area (Å²) in [5, 5.41) is 11.0. The second kappa shape index (κ2) is 7.69. The van der Waals surface area contributed by atoms with E-state index in [1.807, 2.05) is 42.2 Å². The van der Waals surface area contributed by atoms with Crippen LogP contribution in [0.5, 0.6) is 5.75 Å². The summed E-state index contributed by atoms with van der Waals surface area (Å²) in [6, 6.07) is 5.99. The predicted molar refractivity (Wildman–Crippen MR) is 123 cm³/mol. The number of benzene rings is 1. The molecule has 7 heteroatoms. The Hall–Kier alpha value is -2.41. The van der Waals surface area contributed by atoms with Crippen molar-refractivity contribution >= 4 is 40.9 Å². The third kappa shape index (κ3) is 3.11. The van der Waals surface area contributed by atoms with E-state index in [0.29, 0.717) is 5.02 Å². The van der Waals surface area contributed by atoms with Gasteiger partial charge in [0.1, 0.15) is 17.5 Å². The molecule has 1 aromatic carbocycles. The van der Waals surface area contributed by atoms with Gasteiger partial charge in [-0.3, -0.25) is 9.67 Å². The van der Waals surface area contributed by atoms with E-state index in [-0.39, 0.29) is 6.10 Å². The predicted octanol–water partition coefficient (Wildman–Crippen LogP) is 5.24. The summed E-state index contributed by atoms with van der Waals surface area (Å²) in [4.78, 5) is 5.25. The fourth-order valence-electron chi connectivity index (χ4n) is 4.52. The van der Waals surface area contributed by atoms with Crippen LogP contribution in [0.2, 0.25) is 5.02 Å². The van der Waals surface area contributed by atoms with Crippen LogP contribution in [-0.2, 0) is 26.4 Å². The molecule has 5 rings (SSSR count). The molecule has 1 atom stereocenters. The zero-order chi connectivity index (χ0) is 20.8. The fourth-order valence-corrected chi connectivity index (χ4v) is 5.71. The van der Waals surface area contributed by atoms with Gasteiger partial charge in [-0.05, 0) is 37.2 Å². The number of hydrogen-bond donors (Lipinski definition) is 1. The first-order chi connectivity index (χ1) is 14.6. The van der Waals surface area contributed by atoms with Crippen LogP contribution < -0.4 is 10.1 Å². The van der Waals surface area contributed by atoms with Crippen LogP contribution in [0.4, 0.5) is 5.69 Å². The maximum atomic E-state index is 6.57. The highest BCUT2D eigenvalue weighted by molar-refractivity contribution is 7.11. The molecule has 0 radical (unpaired) electrons. The standard InChI is InChI=1S/C23H23ClN4OS/c1-4-15(23-18(25-2)6-8-30-23)16-11-14(24)9-13-10-20(29-22(13)16)21-17-12-26-7-5-19(17)28(3)27-21/h4,6,8-9,11,20,26H,2,5,7,10,12H2,1,3H3/b15-4-. The Labute approximate surface area is 185 Å². The van der Waals surface area contributed by atoms with Crippen molar-refractivity contribution in [3.05, 3.63) is 67.6 Å². The quantitative estimate of drug-likeness (QED) is 0.566. The number of aliphatic imine (C=N–C) groups is 1. The van der Waals surface area contributed by atoms with Crippen LogP contribution in [0.25, 0.3) is 5.57 Å². The van der Waals surface area contributed by atoms with Gasteiger partial charge in [-0.1, -0.05) is 17.7 Å². The Bertz CT molecular complexity index is 1180. The van der Waals surface area contributed by atoms with Gasteiger partial charge in [-0.2, -0.15) is 5.10 Å². The third-order valence-electron chi connectivity index (χ3n) is 5.89. The van der Waals surface area contributed by atoms with Gasteiger partial charge in [-0.25, -0.2) is 0 Å². The summed E-state index contributed by atoms with van der Waals surface area (Å²) < 4.78 is 8.58. The molecule has 0 aliphatic carbocycles. The van der Waals surface area contributed by atoms with Crippen molar-refractivity contribution in [2.24, 2.45) is 12.0 Å². The monoisotopic (exact) mass is 438 g/mol. The molecule has 30 heavy (non-hydrogen) atoms. The number of fused-ring (bicyclic) bond motifs is 2. The zero-order valence-corrected chi connectivity index (χ0v) is 18.6. The molecule has 0 spiro atoms. The zero-order valence-electron chi connectivity index (χ0n) is 17.0. The van der Waals surface area contributed by atoms with Crippen LogP contribution in [0, 0.1) is 0 Å². The van der Waals surface area contributed by atoms with E-state index in [1.165, 1.54) is 11.3 Å². The maximum absolute atomic E-state index is 6.57. The minimum absolute atomic E-state index is 0.106. The molecular weight excluding hydrogens is 416 g/mol. The van der Waals surface area contributed by atoms with E-state index in [0.717, 1.165) is 64.6 Å². The minimum Gasteiger partial charge on any atom is -0.483 e. The lowest BCUT2D eigenvalue weighted by Crippen LogP contribution is -2.25. The number of ether oxygens (including phenoxy) is 1. The number of nitrogens with zero attached hydrogens (tertiary/aromatic N) is 3. The average Bonchev–Trinajstić information content (AvgIpc) is 3.46. The van der Waals surface area contributed by atoms with E-state index < -0.39 is 0 Å². The number of thiophene rings is 1. The Balaban J connectivity index is 1.57. The van der Waals surface area contributed by atoms with Gasteiger partial charge in [0.15, 0.2) is 0 Å². The van der Waals surface area contributed by atoms with E-state index in [9.17, 15) is 0 Å². The highest BCUT2D eigenvalue weighted by atomic mass is 35.5. The lowest BCUT2D eigenvalue weighted by molar-refractivity contribution is 0.230. The van der Waals surface area contributed by atoms with Crippen molar-refractivity contribution in [3.8, 4) is 5.75 Å². The lowest BCUT2D eigenvalue weighted by Gasteiger charge is -2.17. The molecule has 2 aliphatic rings. The normalized spacial score (nSPS) is 18.1. The molecule has 1 N–H and O–H groups in total. The lowest BCUT2D eigenvalue weighted by atomic mass is 9.97. The second-order valence-corrected chi connectivity index (χ2v) is 8.96. The third-order valence-corrected chi connectivity index (χ3v) is 7.04. The van der Waals surface area contributed by atoms with Crippen LogP contribution >= 0.6 is 22.9 Å². The number of halogens is 1. The van der Waals surface area contributed by atoms with E-state index in [4.69, 9.17) is 21.4 Å². The van der Waals surface area contributed by atoms with Crippen LogP contribution in [0.1, 0.15) is 46.0 Å². The number of rotatable bonds is 4. The fraction of sp³-hybridized carbons (Fsp3) is 0.304. The largest absolute Gasteiger partial charge is 0.483 e. The Morgan fingerprint density at radius 2 is 2.33 bits per heavy atom. The number of hydrogen-bond acceptors (Lipinski definition) is 5. The summed E-state index contributed by atoms with van der Waals surface area (Å²) >= 11 is 8.18. The van der Waals surface area contributed by atoms with Gasteiger partial charge in [-0.15, -0.1) is 11.3 Å². The SMILES string of the molecule is C=Nc1ccsc1/C(=C\C)c1cc(Cl)cc2c1OC(c1nn(C)c3c1CNCC3)C2. The first kappa shape index (κ1) is 19.5.